The van der Waals surface area contributed by atoms with Crippen molar-refractivity contribution in [2.75, 3.05) is 103 Å². The summed E-state index contributed by atoms with van der Waals surface area (Å²) < 4.78 is 10.7. The molecule has 0 aliphatic carbocycles. The van der Waals surface area contributed by atoms with Crippen LogP contribution in [0, 0.1) is 11.8 Å². The minimum atomic E-state index is -1.79. The first kappa shape index (κ1) is 98.2. The van der Waals surface area contributed by atoms with Crippen molar-refractivity contribution in [2.45, 2.75) is 147 Å². The second-order valence-electron chi connectivity index (χ2n) is 27.3. The van der Waals surface area contributed by atoms with Crippen LogP contribution in [-0.2, 0) is 109 Å². The Labute approximate surface area is 671 Å². The van der Waals surface area contributed by atoms with Crippen molar-refractivity contribution in [3.63, 3.8) is 0 Å². The fourth-order valence-electron chi connectivity index (χ4n) is 10.5. The Bertz CT molecular complexity index is 3790. The molecule has 0 saturated carbocycles. The van der Waals surface area contributed by atoms with Crippen molar-refractivity contribution in [2.24, 2.45) is 23.3 Å². The first-order valence-corrected chi connectivity index (χ1v) is 39.1. The number of hydrogen-bond acceptors (Lipinski definition) is 25. The molecule has 1 aromatic carbocycles. The monoisotopic (exact) mass is 1660 g/mol. The van der Waals surface area contributed by atoms with Crippen LogP contribution in [0.4, 0.5) is 0 Å². The first-order chi connectivity index (χ1) is 54.4. The summed E-state index contributed by atoms with van der Waals surface area (Å²) in [6.45, 7) is 5.01. The summed E-state index contributed by atoms with van der Waals surface area (Å²) >= 11 is 2.50. The van der Waals surface area contributed by atoms with Gasteiger partial charge in [0.05, 0.1) is 71.2 Å². The number of hydrogen-bond donors (Lipinski definition) is 21. The molecular formula is C70H109N21O22S2. The number of ether oxygens (including phenoxy) is 2. The second-order valence-corrected chi connectivity index (χ2v) is 29.3. The van der Waals surface area contributed by atoms with Gasteiger partial charge >= 0.3 is 5.97 Å². The number of para-hydroxylation sites is 1. The zero-order valence-electron chi connectivity index (χ0n) is 65.5. The number of thioether (sulfide) groups is 2. The molecule has 10 atom stereocenters. The zero-order chi connectivity index (χ0) is 85.9. The van der Waals surface area contributed by atoms with Crippen LogP contribution in [0.5, 0.6) is 0 Å². The number of aliphatic carboxylic acids is 1. The minimum absolute atomic E-state index is 0.0708. The lowest BCUT2D eigenvalue weighted by atomic mass is 10.0. The van der Waals surface area contributed by atoms with E-state index in [2.05, 4.69) is 94.7 Å². The maximum absolute atomic E-state index is 14.4. The van der Waals surface area contributed by atoms with Crippen LogP contribution in [0.2, 0.25) is 0 Å². The maximum Gasteiger partial charge on any atom is 0.305 e. The second kappa shape index (κ2) is 52.4. The number of rotatable bonds is 56. The smallest absolute Gasteiger partial charge is 0.305 e. The molecule has 0 saturated heterocycles. The molecule has 0 aliphatic rings. The number of nitrogens with one attached hydrogen (secondary N) is 17. The molecule has 638 valence electrons. The van der Waals surface area contributed by atoms with Crippen LogP contribution < -0.4 is 91.2 Å². The number of benzene rings is 1. The van der Waals surface area contributed by atoms with E-state index in [-0.39, 0.29) is 82.0 Å². The lowest BCUT2D eigenvalue weighted by Gasteiger charge is -2.26. The average molecular weight is 1660 g/mol. The molecule has 0 bridgehead atoms. The number of amides is 17. The van der Waals surface area contributed by atoms with Crippen molar-refractivity contribution >= 4 is 141 Å². The molecule has 0 unspecified atom stereocenters. The Kier molecular flexibility index (Phi) is 44.7. The van der Waals surface area contributed by atoms with Crippen LogP contribution in [-0.4, -0.2) is 300 Å². The van der Waals surface area contributed by atoms with Crippen LogP contribution in [0.3, 0.4) is 0 Å². The number of imidazole rings is 1. The molecule has 2 heterocycles. The van der Waals surface area contributed by atoms with E-state index in [0.717, 1.165) is 11.8 Å². The van der Waals surface area contributed by atoms with Gasteiger partial charge in [-0.1, -0.05) is 45.9 Å². The van der Waals surface area contributed by atoms with E-state index in [0.29, 0.717) is 27.9 Å². The molecule has 115 heavy (non-hydrogen) atoms. The quantitative estimate of drug-likeness (QED) is 0.0184. The number of aliphatic hydroxyl groups is 1. The molecular weight excluding hydrogens is 1550 g/mol. The molecule has 2 aromatic heterocycles. The lowest BCUT2D eigenvalue weighted by Crippen LogP contribution is -2.59. The highest BCUT2D eigenvalue weighted by molar-refractivity contribution is 7.99. The van der Waals surface area contributed by atoms with E-state index >= 15 is 0 Å². The number of carbonyl (C=O) groups is 18. The summed E-state index contributed by atoms with van der Waals surface area (Å²) in [5, 5.41) is 56.9. The summed E-state index contributed by atoms with van der Waals surface area (Å²) in [6, 6.07) is -7.04. The Balaban J connectivity index is 1.62. The van der Waals surface area contributed by atoms with Gasteiger partial charge in [0, 0.05) is 67.5 Å². The van der Waals surface area contributed by atoms with Crippen molar-refractivity contribution in [1.82, 2.24) is 99.6 Å². The number of primary amides is 2. The number of aliphatic hydroxyl groups excluding tert-OH is 1. The predicted octanol–water partition coefficient (Wildman–Crippen LogP) is -7.90. The third-order valence-electron chi connectivity index (χ3n) is 16.4. The number of nitrogens with two attached hydrogens (primary N) is 2. The first-order valence-electron chi connectivity index (χ1n) is 36.5. The molecule has 17 amide bonds. The highest BCUT2D eigenvalue weighted by Crippen LogP contribution is 2.20. The summed E-state index contributed by atoms with van der Waals surface area (Å²) in [6.07, 6.45) is 4.18. The minimum Gasteiger partial charge on any atom is -0.481 e. The Morgan fingerprint density at radius 1 is 0.565 bits per heavy atom. The van der Waals surface area contributed by atoms with E-state index < -0.39 is 219 Å². The van der Waals surface area contributed by atoms with Gasteiger partial charge in [-0.2, -0.15) is 11.8 Å². The van der Waals surface area contributed by atoms with Crippen molar-refractivity contribution in [3.8, 4) is 0 Å². The fourth-order valence-corrected chi connectivity index (χ4v) is 11.9. The summed E-state index contributed by atoms with van der Waals surface area (Å²) in [5.41, 5.74) is 12.5. The molecule has 45 heteroatoms. The van der Waals surface area contributed by atoms with Crippen LogP contribution in [0.25, 0.3) is 10.9 Å². The molecule has 0 radical (unpaired) electrons. The van der Waals surface area contributed by atoms with Crippen molar-refractivity contribution in [3.05, 3.63) is 54.2 Å². The third-order valence-corrected chi connectivity index (χ3v) is 18.0. The topological polar surface area (TPSA) is 646 Å². The number of fused-ring (bicyclic) bond motifs is 1. The number of carbonyl (C=O) groups excluding carboxylic acids is 17. The number of H-pyrrole nitrogens is 2. The molecule has 0 aliphatic heterocycles. The van der Waals surface area contributed by atoms with E-state index in [1.165, 1.54) is 43.0 Å². The van der Waals surface area contributed by atoms with E-state index in [4.69, 9.17) is 20.9 Å². The normalized spacial score (nSPS) is 13.7. The standard InChI is InChI=1S/C70H109N21O22S2/c1-37(2)22-47(67(108)86-45(61(72)102)16-21-114-9)87-68(109)49(24-42-27-73-35-79-42)83-56(97)30-78-70(111)60(38(3)4)90-62(103)39(5)81-66(107)48(23-41-26-75-44-13-11-10-12-43(41)44)88-65(106)46(14-15-53(71)94)82-55(96)29-77-63(104)50(25-59(100)101)84-58(99)33-113-20-19-112-18-17-74-54(95)28-76-64(105)52(34-115-36-80-40(6)93)89-69(110)51(32-92)85-57(98)31-91(7)8/h10-13,26-27,35,37-39,45-52,60,75,92H,14-25,28-34,36H2,1-9H3,(H2,71,94)(H2,72,102)(H,73,79)(H,74,95)(H,76,105)(H,77,104)(H,78,111)(H,80,93)(H,81,107)(H,82,96)(H,83,97)(H,84,99)(H,85,98)(H,86,108)(H,87,109)(H,88,106)(H,89,110)(H,90,103)(H,100,101)/t39-,45-,46-,47-,48-,49-,50-,51-,52-,60-/m0/s1. The molecule has 3 rings (SSSR count). The number of carboxylic acids is 1. The van der Waals surface area contributed by atoms with Crippen molar-refractivity contribution in [1.29, 1.82) is 0 Å². The zero-order valence-corrected chi connectivity index (χ0v) is 67.2. The number of carboxylic acid groups (broad SMARTS) is 1. The molecule has 23 N–H and O–H groups in total. The fraction of sp³-hybridized carbons (Fsp3) is 0.586. The van der Waals surface area contributed by atoms with Gasteiger partial charge in [-0.3, -0.25) is 86.3 Å². The van der Waals surface area contributed by atoms with Gasteiger partial charge in [-0.25, -0.2) is 4.98 Å². The van der Waals surface area contributed by atoms with E-state index in [1.54, 1.807) is 58.4 Å². The predicted molar refractivity (Wildman–Crippen MR) is 417 cm³/mol. The SMILES string of the molecule is CSCC[C@H](NC(=O)[C@H](CC(C)C)NC(=O)[C@H](Cc1cnc[nH]1)NC(=O)CNC(=O)[C@@H](NC(=O)[C@H](C)NC(=O)[C@H](Cc1c[nH]c2ccccc12)NC(=O)[C@H](CCC(N)=O)NC(=O)CNC(=O)[C@H](CC(=O)O)NC(=O)COCCOCCNC(=O)CNC(=O)[C@H](CSCNC(C)=O)NC(=O)[C@H](CO)NC(=O)CN(C)C)C(C)C)C(N)=O. The van der Waals surface area contributed by atoms with Crippen LogP contribution in [0.15, 0.2) is 43.0 Å². The summed E-state index contributed by atoms with van der Waals surface area (Å²) in [7, 11) is 3.23. The number of aromatic nitrogens is 3. The van der Waals surface area contributed by atoms with Gasteiger partial charge in [0.25, 0.3) is 0 Å². The van der Waals surface area contributed by atoms with Gasteiger partial charge in [-0.05, 0) is 75.8 Å². The highest BCUT2D eigenvalue weighted by Gasteiger charge is 2.35. The van der Waals surface area contributed by atoms with Crippen LogP contribution in [0.1, 0.15) is 84.9 Å². The number of likely N-dealkylation sites (N-methyl/N-ethyl adjacent to an activating group) is 1. The Morgan fingerprint density at radius 3 is 1.74 bits per heavy atom. The van der Waals surface area contributed by atoms with Gasteiger partial charge in [0.2, 0.25) is 100 Å². The maximum atomic E-state index is 14.4. The number of aromatic amines is 2. The third kappa shape index (κ3) is 39.0. The van der Waals surface area contributed by atoms with Crippen molar-refractivity contribution < 1.29 is 106 Å². The van der Waals surface area contributed by atoms with Crippen LogP contribution >= 0.6 is 23.5 Å². The highest BCUT2D eigenvalue weighted by atomic mass is 32.2. The van der Waals surface area contributed by atoms with Gasteiger partial charge in [-0.15, -0.1) is 11.8 Å². The largest absolute Gasteiger partial charge is 0.481 e. The summed E-state index contributed by atoms with van der Waals surface area (Å²) in [4.78, 5) is 247. The Hall–Kier alpha value is -11.0. The molecule has 0 spiro atoms. The molecule has 43 nitrogen and oxygen atoms in total. The lowest BCUT2D eigenvalue weighted by molar-refractivity contribution is -0.141. The summed E-state index contributed by atoms with van der Waals surface area (Å²) in [5.74, 6) is -16.1. The average Bonchev–Trinajstić information content (AvgIpc) is 1.67. The Morgan fingerprint density at radius 2 is 1.13 bits per heavy atom. The van der Waals surface area contributed by atoms with Gasteiger partial charge in [0.1, 0.15) is 67.0 Å². The van der Waals surface area contributed by atoms with E-state index in [1.807, 2.05) is 20.1 Å². The number of nitrogens with zero attached hydrogens (tertiary/aromatic N) is 2. The van der Waals surface area contributed by atoms with Gasteiger partial charge < -0.3 is 126 Å². The molecule has 3 aromatic rings. The van der Waals surface area contributed by atoms with E-state index in [9.17, 15) is 96.5 Å². The molecule has 0 fully saturated rings. The van der Waals surface area contributed by atoms with Gasteiger partial charge in [0.15, 0.2) is 0 Å².